The Morgan fingerprint density at radius 1 is 1.18 bits per heavy atom. The first-order valence-electron chi connectivity index (χ1n) is 11.0. The van der Waals surface area contributed by atoms with Crippen molar-refractivity contribution in [1.29, 1.82) is 0 Å². The lowest BCUT2D eigenvalue weighted by atomic mass is 9.93. The number of anilines is 1. The molecule has 0 saturated carbocycles. The van der Waals surface area contributed by atoms with Gasteiger partial charge in [-0.1, -0.05) is 11.8 Å². The van der Waals surface area contributed by atoms with E-state index in [9.17, 15) is 4.79 Å². The molecule has 0 atom stereocenters. The molecule has 2 aliphatic heterocycles. The highest BCUT2D eigenvalue weighted by atomic mass is 79.9. The maximum absolute atomic E-state index is 10.6. The molecule has 0 spiro atoms. The number of hydrogen-bond donors (Lipinski definition) is 1. The minimum absolute atomic E-state index is 0.231. The van der Waals surface area contributed by atoms with E-state index in [0.717, 1.165) is 83.4 Å². The Labute approximate surface area is 204 Å². The number of likely N-dealkylation sites (tertiary alicyclic amines) is 1. The van der Waals surface area contributed by atoms with E-state index in [4.69, 9.17) is 20.2 Å². The molecule has 0 amide bonds. The SMILES string of the molecule is Nc1ncnc2c1nc(Sc1cc3c(cc1Br)OCO3)n2CCC1CCN(CCC=O)CC1. The number of nitrogens with two attached hydrogens (primary N) is 1. The molecule has 9 nitrogen and oxygen atoms in total. The number of hydrogen-bond acceptors (Lipinski definition) is 9. The number of ether oxygens (including phenoxy) is 2. The molecule has 4 heterocycles. The highest BCUT2D eigenvalue weighted by Gasteiger charge is 2.23. The second-order valence-electron chi connectivity index (χ2n) is 8.24. The van der Waals surface area contributed by atoms with Gasteiger partial charge >= 0.3 is 0 Å². The van der Waals surface area contributed by atoms with E-state index in [1.807, 2.05) is 12.1 Å². The first-order valence-corrected chi connectivity index (χ1v) is 12.6. The molecule has 5 rings (SSSR count). The van der Waals surface area contributed by atoms with Crippen LogP contribution < -0.4 is 15.2 Å². The van der Waals surface area contributed by atoms with Crippen LogP contribution in [0.5, 0.6) is 11.5 Å². The van der Waals surface area contributed by atoms with E-state index >= 15 is 0 Å². The maximum atomic E-state index is 10.6. The molecule has 2 aliphatic rings. The van der Waals surface area contributed by atoms with Crippen molar-refractivity contribution < 1.29 is 14.3 Å². The summed E-state index contributed by atoms with van der Waals surface area (Å²) in [6.45, 7) is 3.99. The largest absolute Gasteiger partial charge is 0.454 e. The van der Waals surface area contributed by atoms with Gasteiger partial charge in [0.2, 0.25) is 6.79 Å². The van der Waals surface area contributed by atoms with E-state index in [0.29, 0.717) is 23.7 Å². The minimum Gasteiger partial charge on any atom is -0.454 e. The molecule has 1 fully saturated rings. The Morgan fingerprint density at radius 2 is 1.97 bits per heavy atom. The zero-order valence-corrected chi connectivity index (χ0v) is 20.5. The van der Waals surface area contributed by atoms with Crippen LogP contribution >= 0.6 is 27.7 Å². The smallest absolute Gasteiger partial charge is 0.231 e. The number of halogens is 1. The molecule has 11 heteroatoms. The van der Waals surface area contributed by atoms with Gasteiger partial charge in [-0.15, -0.1) is 0 Å². The van der Waals surface area contributed by atoms with Crippen LogP contribution in [-0.2, 0) is 11.3 Å². The number of nitrogen functional groups attached to an aromatic ring is 1. The lowest BCUT2D eigenvalue weighted by molar-refractivity contribution is -0.108. The molecule has 33 heavy (non-hydrogen) atoms. The van der Waals surface area contributed by atoms with Crippen molar-refractivity contribution in [3.63, 3.8) is 0 Å². The normalized spacial score (nSPS) is 16.5. The van der Waals surface area contributed by atoms with Crippen molar-refractivity contribution in [2.75, 3.05) is 32.2 Å². The van der Waals surface area contributed by atoms with Gasteiger partial charge in [-0.05, 0) is 66.3 Å². The monoisotopic (exact) mass is 532 g/mol. The van der Waals surface area contributed by atoms with Crippen LogP contribution in [0.25, 0.3) is 11.2 Å². The number of fused-ring (bicyclic) bond motifs is 2. The lowest BCUT2D eigenvalue weighted by Gasteiger charge is -2.31. The van der Waals surface area contributed by atoms with Gasteiger partial charge in [0, 0.05) is 28.9 Å². The number of imidazole rings is 1. The summed E-state index contributed by atoms with van der Waals surface area (Å²) < 4.78 is 14.1. The number of nitrogens with zero attached hydrogens (tertiary/aromatic N) is 5. The highest BCUT2D eigenvalue weighted by molar-refractivity contribution is 9.10. The molecule has 174 valence electrons. The van der Waals surface area contributed by atoms with Gasteiger partial charge in [0.25, 0.3) is 0 Å². The van der Waals surface area contributed by atoms with E-state index in [1.165, 1.54) is 6.33 Å². The molecular weight excluding hydrogens is 508 g/mol. The molecule has 0 radical (unpaired) electrons. The third-order valence-electron chi connectivity index (χ3n) is 6.18. The summed E-state index contributed by atoms with van der Waals surface area (Å²) in [6.07, 6.45) is 6.42. The van der Waals surface area contributed by atoms with Crippen LogP contribution in [0.4, 0.5) is 5.82 Å². The molecule has 2 N–H and O–H groups in total. The number of aromatic nitrogens is 4. The van der Waals surface area contributed by atoms with E-state index < -0.39 is 0 Å². The van der Waals surface area contributed by atoms with E-state index in [1.54, 1.807) is 11.8 Å². The van der Waals surface area contributed by atoms with Gasteiger partial charge in [-0.3, -0.25) is 0 Å². The van der Waals surface area contributed by atoms with Crippen molar-refractivity contribution in [2.24, 2.45) is 5.92 Å². The fourth-order valence-electron chi connectivity index (χ4n) is 4.33. The number of rotatable bonds is 8. The second kappa shape index (κ2) is 9.86. The second-order valence-corrected chi connectivity index (χ2v) is 10.1. The summed E-state index contributed by atoms with van der Waals surface area (Å²) in [6, 6.07) is 3.88. The van der Waals surface area contributed by atoms with Gasteiger partial charge in [0.05, 0.1) is 0 Å². The van der Waals surface area contributed by atoms with Crippen molar-refractivity contribution in [3.8, 4) is 11.5 Å². The summed E-state index contributed by atoms with van der Waals surface area (Å²) in [5.74, 6) is 2.47. The third-order valence-corrected chi connectivity index (χ3v) is 8.16. The number of benzene rings is 1. The number of aldehydes is 1. The van der Waals surface area contributed by atoms with Gasteiger partial charge in [0.1, 0.15) is 12.6 Å². The molecule has 2 aromatic heterocycles. The van der Waals surface area contributed by atoms with Crippen LogP contribution in [0.15, 0.2) is 33.0 Å². The Hall–Kier alpha value is -2.37. The zero-order chi connectivity index (χ0) is 22.8. The van der Waals surface area contributed by atoms with Crippen LogP contribution in [-0.4, -0.2) is 57.1 Å². The summed E-state index contributed by atoms with van der Waals surface area (Å²) in [4.78, 5) is 27.4. The first kappa shape index (κ1) is 22.4. The number of carbonyl (C=O) groups excluding carboxylic acids is 1. The van der Waals surface area contributed by atoms with Crippen LogP contribution in [0.1, 0.15) is 25.7 Å². The fraction of sp³-hybridized carbons (Fsp3) is 0.455. The molecular formula is C22H25BrN6O3S. The maximum Gasteiger partial charge on any atom is 0.231 e. The lowest BCUT2D eigenvalue weighted by Crippen LogP contribution is -2.34. The van der Waals surface area contributed by atoms with Gasteiger partial charge in [0.15, 0.2) is 33.6 Å². The highest BCUT2D eigenvalue weighted by Crippen LogP contribution is 2.43. The van der Waals surface area contributed by atoms with E-state index in [2.05, 4.69) is 35.4 Å². The predicted molar refractivity (Wildman–Crippen MR) is 129 cm³/mol. The van der Waals surface area contributed by atoms with Crippen molar-refractivity contribution >= 4 is 51.0 Å². The quantitative estimate of drug-likeness (QED) is 0.433. The molecule has 1 aromatic carbocycles. The zero-order valence-electron chi connectivity index (χ0n) is 18.1. The van der Waals surface area contributed by atoms with Crippen molar-refractivity contribution in [3.05, 3.63) is 22.9 Å². The standard InChI is InChI=1S/C22H25BrN6O3S/c23-15-10-16-17(32-13-31-16)11-18(15)33-22-27-19-20(24)25-12-26-21(19)29(22)8-4-14-2-6-28(7-3-14)5-1-9-30/h9-12,14H,1-8,13H2,(H2,24,25,26). The minimum atomic E-state index is 0.231. The Balaban J connectivity index is 1.35. The van der Waals surface area contributed by atoms with Crippen LogP contribution in [0, 0.1) is 5.92 Å². The third kappa shape index (κ3) is 4.80. The Kier molecular flexibility index (Phi) is 6.70. The van der Waals surface area contributed by atoms with Gasteiger partial charge < -0.3 is 29.5 Å². The molecule has 0 bridgehead atoms. The van der Waals surface area contributed by atoms with Gasteiger partial charge in [-0.2, -0.15) is 0 Å². The topological polar surface area (TPSA) is 108 Å². The summed E-state index contributed by atoms with van der Waals surface area (Å²) >= 11 is 5.18. The average molecular weight is 533 g/mol. The average Bonchev–Trinajstić information content (AvgIpc) is 3.42. The molecule has 0 unspecified atom stereocenters. The summed E-state index contributed by atoms with van der Waals surface area (Å²) in [5, 5.41) is 0.820. The number of piperidine rings is 1. The first-order chi connectivity index (χ1) is 16.1. The fourth-order valence-corrected chi connectivity index (χ4v) is 5.84. The number of carbonyl (C=O) groups is 1. The molecule has 3 aromatic rings. The summed E-state index contributed by atoms with van der Waals surface area (Å²) in [5.41, 5.74) is 7.50. The predicted octanol–water partition coefficient (Wildman–Crippen LogP) is 3.74. The van der Waals surface area contributed by atoms with Crippen molar-refractivity contribution in [1.82, 2.24) is 24.4 Å². The van der Waals surface area contributed by atoms with E-state index in [-0.39, 0.29) is 6.79 Å². The summed E-state index contributed by atoms with van der Waals surface area (Å²) in [7, 11) is 0. The Morgan fingerprint density at radius 3 is 2.76 bits per heavy atom. The van der Waals surface area contributed by atoms with Crippen LogP contribution in [0.3, 0.4) is 0 Å². The van der Waals surface area contributed by atoms with Crippen molar-refractivity contribution in [2.45, 2.75) is 42.3 Å². The molecule has 1 saturated heterocycles. The number of aryl methyl sites for hydroxylation is 1. The molecule has 0 aliphatic carbocycles. The Bertz CT molecular complexity index is 1160. The van der Waals surface area contributed by atoms with Gasteiger partial charge in [-0.25, -0.2) is 15.0 Å². The van der Waals surface area contributed by atoms with Crippen LogP contribution in [0.2, 0.25) is 0 Å².